The number of likely N-dealkylation sites (tertiary alicyclic amines) is 1. The summed E-state index contributed by atoms with van der Waals surface area (Å²) in [5, 5.41) is 0. The van der Waals surface area contributed by atoms with Gasteiger partial charge in [0.2, 0.25) is 5.91 Å². The lowest BCUT2D eigenvalue weighted by molar-refractivity contribution is -0.136. The third-order valence-corrected chi connectivity index (χ3v) is 5.29. The minimum atomic E-state index is -0.394. The van der Waals surface area contributed by atoms with Gasteiger partial charge >= 0.3 is 6.09 Å². The second-order valence-corrected chi connectivity index (χ2v) is 6.91. The molecule has 2 heterocycles. The molecule has 0 aromatic heterocycles. The van der Waals surface area contributed by atoms with Crippen molar-refractivity contribution in [3.8, 4) is 0 Å². The van der Waals surface area contributed by atoms with Crippen LogP contribution in [0.15, 0.2) is 30.3 Å². The summed E-state index contributed by atoms with van der Waals surface area (Å²) < 4.78 is 5.38. The van der Waals surface area contributed by atoms with E-state index in [2.05, 4.69) is 0 Å². The third kappa shape index (κ3) is 3.99. The average molecular weight is 334 g/mol. The number of piperidine rings is 1. The van der Waals surface area contributed by atoms with Crippen molar-refractivity contribution in [1.82, 2.24) is 9.80 Å². The molecule has 0 bridgehead atoms. The van der Waals surface area contributed by atoms with Crippen LogP contribution < -0.4 is 0 Å². The van der Waals surface area contributed by atoms with E-state index in [-0.39, 0.29) is 18.6 Å². The second-order valence-electron chi connectivity index (χ2n) is 5.91. The number of hydrogen-bond donors (Lipinski definition) is 0. The van der Waals surface area contributed by atoms with Gasteiger partial charge in [-0.3, -0.25) is 9.69 Å². The van der Waals surface area contributed by atoms with Crippen LogP contribution in [-0.4, -0.2) is 52.6 Å². The van der Waals surface area contributed by atoms with Crippen molar-refractivity contribution >= 4 is 23.8 Å². The summed E-state index contributed by atoms with van der Waals surface area (Å²) in [6, 6.07) is 9.22. The second kappa shape index (κ2) is 7.73. The number of carbonyl (C=O) groups is 2. The minimum Gasteiger partial charge on any atom is -0.445 e. The molecule has 2 aliphatic rings. The Bertz CT molecular complexity index is 546. The highest BCUT2D eigenvalue weighted by molar-refractivity contribution is 7.99. The molecule has 0 radical (unpaired) electrons. The summed E-state index contributed by atoms with van der Waals surface area (Å²) in [5.41, 5.74) is 0.951. The van der Waals surface area contributed by atoms with Crippen LogP contribution in [0.25, 0.3) is 0 Å². The average Bonchev–Trinajstić information content (AvgIpc) is 3.10. The maximum absolute atomic E-state index is 12.7. The number of thioether (sulfide) groups is 1. The summed E-state index contributed by atoms with van der Waals surface area (Å²) >= 11 is 1.61. The van der Waals surface area contributed by atoms with Gasteiger partial charge in [-0.05, 0) is 24.8 Å². The van der Waals surface area contributed by atoms with Crippen LogP contribution >= 0.6 is 11.8 Å². The van der Waals surface area contributed by atoms with E-state index in [0.29, 0.717) is 11.6 Å². The van der Waals surface area contributed by atoms with Crippen LogP contribution in [0.4, 0.5) is 4.79 Å². The quantitative estimate of drug-likeness (QED) is 0.853. The zero-order valence-electron chi connectivity index (χ0n) is 13.1. The number of benzene rings is 1. The van der Waals surface area contributed by atoms with Crippen molar-refractivity contribution in [2.45, 2.75) is 31.9 Å². The Morgan fingerprint density at radius 3 is 2.61 bits per heavy atom. The lowest BCUT2D eigenvalue weighted by Crippen LogP contribution is -2.50. The molecule has 0 N–H and O–H groups in total. The van der Waals surface area contributed by atoms with Crippen molar-refractivity contribution in [2.24, 2.45) is 0 Å². The molecule has 0 unspecified atom stereocenters. The molecule has 0 aliphatic carbocycles. The topological polar surface area (TPSA) is 49.9 Å². The Morgan fingerprint density at radius 1 is 1.13 bits per heavy atom. The molecule has 6 heteroatoms. The lowest BCUT2D eigenvalue weighted by Gasteiger charge is -2.31. The van der Waals surface area contributed by atoms with E-state index in [0.717, 1.165) is 31.5 Å². The molecule has 1 aromatic carbocycles. The highest BCUT2D eigenvalue weighted by atomic mass is 32.2. The number of amides is 2. The zero-order valence-corrected chi connectivity index (χ0v) is 14.0. The predicted octanol–water partition coefficient (Wildman–Crippen LogP) is 2.71. The Balaban J connectivity index is 1.57. The third-order valence-electron chi connectivity index (χ3n) is 4.27. The number of hydrogen-bond acceptors (Lipinski definition) is 4. The van der Waals surface area contributed by atoms with Crippen LogP contribution in [0.3, 0.4) is 0 Å². The molecule has 0 spiro atoms. The van der Waals surface area contributed by atoms with Gasteiger partial charge in [0, 0.05) is 18.8 Å². The maximum Gasteiger partial charge on any atom is 0.411 e. The molecule has 0 saturated carbocycles. The first-order chi connectivity index (χ1) is 11.3. The Labute approximate surface area is 141 Å². The number of rotatable bonds is 3. The van der Waals surface area contributed by atoms with Crippen LogP contribution in [0.5, 0.6) is 0 Å². The normalized spacial score (nSPS) is 21.3. The van der Waals surface area contributed by atoms with E-state index in [1.165, 1.54) is 6.42 Å². The van der Waals surface area contributed by atoms with Crippen LogP contribution in [0.2, 0.25) is 0 Å². The first-order valence-electron chi connectivity index (χ1n) is 8.09. The molecule has 23 heavy (non-hydrogen) atoms. The molecular formula is C17H22N2O3S. The summed E-state index contributed by atoms with van der Waals surface area (Å²) in [6.45, 7) is 1.87. The van der Waals surface area contributed by atoms with Gasteiger partial charge < -0.3 is 9.64 Å². The van der Waals surface area contributed by atoms with Crippen LogP contribution in [0.1, 0.15) is 24.8 Å². The van der Waals surface area contributed by atoms with Crippen molar-refractivity contribution in [3.63, 3.8) is 0 Å². The molecule has 1 aromatic rings. The molecule has 2 fully saturated rings. The number of ether oxygens (including phenoxy) is 1. The summed E-state index contributed by atoms with van der Waals surface area (Å²) in [5.74, 6) is 1.26. The Hall–Kier alpha value is -1.69. The smallest absolute Gasteiger partial charge is 0.411 e. The Morgan fingerprint density at radius 2 is 1.87 bits per heavy atom. The van der Waals surface area contributed by atoms with Crippen LogP contribution in [0, 0.1) is 0 Å². The zero-order chi connectivity index (χ0) is 16.1. The first kappa shape index (κ1) is 16.2. The van der Waals surface area contributed by atoms with Crippen molar-refractivity contribution in [1.29, 1.82) is 0 Å². The van der Waals surface area contributed by atoms with Gasteiger partial charge in [-0.1, -0.05) is 30.3 Å². The monoisotopic (exact) mass is 334 g/mol. The molecule has 2 aliphatic heterocycles. The van der Waals surface area contributed by atoms with Gasteiger partial charge in [-0.15, -0.1) is 11.8 Å². The maximum atomic E-state index is 12.7. The Kier molecular flexibility index (Phi) is 5.43. The molecule has 2 amide bonds. The molecule has 1 atom stereocenters. The molecule has 5 nitrogen and oxygen atoms in total. The first-order valence-corrected chi connectivity index (χ1v) is 9.25. The van der Waals surface area contributed by atoms with Crippen LogP contribution in [-0.2, 0) is 16.1 Å². The standard InChI is InChI=1S/C17H22N2O3S/c20-16(18-9-5-2-6-10-18)15-12-23-13-19(15)17(21)22-11-14-7-3-1-4-8-14/h1,3-4,7-8,15H,2,5-6,9-13H2/t15-/m0/s1. The fourth-order valence-corrected chi connectivity index (χ4v) is 4.09. The largest absolute Gasteiger partial charge is 0.445 e. The van der Waals surface area contributed by atoms with Gasteiger partial charge in [-0.2, -0.15) is 0 Å². The van der Waals surface area contributed by atoms with E-state index >= 15 is 0 Å². The van der Waals surface area contributed by atoms with Crippen molar-refractivity contribution in [2.75, 3.05) is 24.7 Å². The fourth-order valence-electron chi connectivity index (χ4n) is 2.95. The molecule has 2 saturated heterocycles. The molecule has 3 rings (SSSR count). The highest BCUT2D eigenvalue weighted by Crippen LogP contribution is 2.24. The van der Waals surface area contributed by atoms with Gasteiger partial charge in [0.25, 0.3) is 0 Å². The molecule has 124 valence electrons. The van der Waals surface area contributed by atoms with Crippen molar-refractivity contribution < 1.29 is 14.3 Å². The van der Waals surface area contributed by atoms with E-state index in [1.54, 1.807) is 16.7 Å². The van der Waals surface area contributed by atoms with Gasteiger partial charge in [0.05, 0.1) is 5.88 Å². The SMILES string of the molecule is O=C([C@@H]1CSCN1C(=O)OCc1ccccc1)N1CCCCC1. The van der Waals surface area contributed by atoms with E-state index in [1.807, 2.05) is 35.2 Å². The van der Waals surface area contributed by atoms with E-state index in [4.69, 9.17) is 4.74 Å². The van der Waals surface area contributed by atoms with Gasteiger partial charge in [-0.25, -0.2) is 4.79 Å². The lowest BCUT2D eigenvalue weighted by atomic mass is 10.1. The van der Waals surface area contributed by atoms with E-state index in [9.17, 15) is 9.59 Å². The summed E-state index contributed by atoms with van der Waals surface area (Å²) in [4.78, 5) is 28.5. The number of nitrogens with zero attached hydrogens (tertiary/aromatic N) is 2. The molecular weight excluding hydrogens is 312 g/mol. The highest BCUT2D eigenvalue weighted by Gasteiger charge is 2.38. The van der Waals surface area contributed by atoms with E-state index < -0.39 is 6.09 Å². The summed E-state index contributed by atoms with van der Waals surface area (Å²) in [7, 11) is 0. The predicted molar refractivity (Wildman–Crippen MR) is 90.0 cm³/mol. The fraction of sp³-hybridized carbons (Fsp3) is 0.529. The minimum absolute atomic E-state index is 0.0753. The number of carbonyl (C=O) groups excluding carboxylic acids is 2. The van der Waals surface area contributed by atoms with Gasteiger partial charge in [0.1, 0.15) is 12.6 Å². The summed E-state index contributed by atoms with van der Waals surface area (Å²) in [6.07, 6.45) is 2.91. The van der Waals surface area contributed by atoms with Gasteiger partial charge in [0.15, 0.2) is 0 Å². The van der Waals surface area contributed by atoms with Crippen molar-refractivity contribution in [3.05, 3.63) is 35.9 Å².